The molecular weight excluding hydrogens is 246 g/mol. The molecule has 3 heteroatoms. The van der Waals surface area contributed by atoms with Crippen molar-refractivity contribution in [2.45, 2.75) is 52.8 Å². The highest BCUT2D eigenvalue weighted by molar-refractivity contribution is 6.21. The number of rotatable bonds is 8. The molecule has 1 unspecified atom stereocenters. The summed E-state index contributed by atoms with van der Waals surface area (Å²) in [6.45, 7) is 12.3. The Morgan fingerprint density at radius 2 is 1.50 bits per heavy atom. The molecule has 2 nitrogen and oxygen atoms in total. The van der Waals surface area contributed by atoms with Crippen LogP contribution in [0.25, 0.3) is 0 Å². The zero-order chi connectivity index (χ0) is 14.1. The molecule has 0 saturated carbocycles. The minimum atomic E-state index is -0.0917. The number of nitrogens with zero attached hydrogens (tertiary/aromatic N) is 1. The van der Waals surface area contributed by atoms with Crippen LogP contribution in [0.4, 0.5) is 0 Å². The Morgan fingerprint density at radius 3 is 1.83 bits per heavy atom. The number of carbonyl (C=O) groups excluding carboxylic acids is 1. The van der Waals surface area contributed by atoms with Gasteiger partial charge in [-0.3, -0.25) is 4.79 Å². The Bertz CT molecular complexity index is 247. The number of halogens is 1. The average molecular weight is 274 g/mol. The van der Waals surface area contributed by atoms with Crippen molar-refractivity contribution in [3.05, 3.63) is 12.2 Å². The molecule has 0 aliphatic carbocycles. The Kier molecular flexibility index (Phi) is 9.17. The number of carbonyl (C=O) groups is 1. The summed E-state index contributed by atoms with van der Waals surface area (Å²) < 4.78 is 0. The van der Waals surface area contributed by atoms with E-state index in [-0.39, 0.29) is 11.3 Å². The molecule has 0 aliphatic rings. The van der Waals surface area contributed by atoms with Crippen LogP contribution in [-0.4, -0.2) is 29.3 Å². The maximum atomic E-state index is 12.1. The smallest absolute Gasteiger partial charge is 0.246 e. The van der Waals surface area contributed by atoms with Gasteiger partial charge in [-0.2, -0.15) is 0 Å². The minimum absolute atomic E-state index is 0.0869. The van der Waals surface area contributed by atoms with Crippen LogP contribution in [0.1, 0.15) is 47.5 Å². The standard InChI is InChI=1S/C15H28ClNO/c1-12(2)8-10-17(11-9-13(3)4)15(18)7-6-14(5)16/h6-7,12-14H,8-11H2,1-5H3/b7-6+. The van der Waals surface area contributed by atoms with Gasteiger partial charge in [-0.1, -0.05) is 33.8 Å². The van der Waals surface area contributed by atoms with Gasteiger partial charge in [-0.05, 0) is 31.6 Å². The quantitative estimate of drug-likeness (QED) is 0.482. The van der Waals surface area contributed by atoms with Crippen LogP contribution in [0, 0.1) is 11.8 Å². The third-order valence-electron chi connectivity index (χ3n) is 2.77. The molecule has 1 atom stereocenters. The summed E-state index contributed by atoms with van der Waals surface area (Å²) in [6.07, 6.45) is 5.46. The van der Waals surface area contributed by atoms with Gasteiger partial charge in [-0.15, -0.1) is 11.6 Å². The van der Waals surface area contributed by atoms with E-state index < -0.39 is 0 Å². The van der Waals surface area contributed by atoms with E-state index in [4.69, 9.17) is 11.6 Å². The molecule has 0 aliphatic heterocycles. The Labute approximate surface area is 117 Å². The third-order valence-corrected chi connectivity index (χ3v) is 2.91. The molecule has 0 aromatic carbocycles. The lowest BCUT2D eigenvalue weighted by atomic mass is 10.1. The van der Waals surface area contributed by atoms with Gasteiger partial charge >= 0.3 is 0 Å². The molecule has 0 aromatic rings. The van der Waals surface area contributed by atoms with Crippen molar-refractivity contribution in [2.24, 2.45) is 11.8 Å². The summed E-state index contributed by atoms with van der Waals surface area (Å²) in [4.78, 5) is 14.0. The molecule has 0 bridgehead atoms. The largest absolute Gasteiger partial charge is 0.339 e. The molecule has 18 heavy (non-hydrogen) atoms. The highest BCUT2D eigenvalue weighted by Gasteiger charge is 2.11. The van der Waals surface area contributed by atoms with Crippen LogP contribution < -0.4 is 0 Å². The van der Waals surface area contributed by atoms with Crippen LogP contribution in [0.2, 0.25) is 0 Å². The van der Waals surface area contributed by atoms with E-state index in [1.165, 1.54) is 0 Å². The maximum Gasteiger partial charge on any atom is 0.246 e. The SMILES string of the molecule is CC(Cl)/C=C/C(=O)N(CCC(C)C)CCC(C)C. The molecule has 0 spiro atoms. The average Bonchev–Trinajstić information content (AvgIpc) is 2.25. The number of hydrogen-bond acceptors (Lipinski definition) is 1. The van der Waals surface area contributed by atoms with Crippen molar-refractivity contribution in [3.63, 3.8) is 0 Å². The minimum Gasteiger partial charge on any atom is -0.339 e. The van der Waals surface area contributed by atoms with Crippen molar-refractivity contribution < 1.29 is 4.79 Å². The first-order valence-electron chi connectivity index (χ1n) is 6.94. The van der Waals surface area contributed by atoms with Gasteiger partial charge in [0.15, 0.2) is 0 Å². The van der Waals surface area contributed by atoms with E-state index in [9.17, 15) is 4.79 Å². The first-order valence-corrected chi connectivity index (χ1v) is 7.37. The lowest BCUT2D eigenvalue weighted by molar-refractivity contribution is -0.126. The summed E-state index contributed by atoms with van der Waals surface area (Å²) in [5, 5.41) is -0.0917. The molecule has 0 N–H and O–H groups in total. The van der Waals surface area contributed by atoms with Crippen LogP contribution in [0.15, 0.2) is 12.2 Å². The first-order chi connectivity index (χ1) is 8.32. The lowest BCUT2D eigenvalue weighted by Crippen LogP contribution is -2.32. The van der Waals surface area contributed by atoms with Gasteiger partial charge in [0.05, 0.1) is 0 Å². The van der Waals surface area contributed by atoms with Gasteiger partial charge < -0.3 is 4.90 Å². The number of hydrogen-bond donors (Lipinski definition) is 0. The van der Waals surface area contributed by atoms with Gasteiger partial charge in [0.1, 0.15) is 0 Å². The van der Waals surface area contributed by atoms with Gasteiger partial charge in [0.25, 0.3) is 0 Å². The van der Waals surface area contributed by atoms with E-state index in [0.717, 1.165) is 25.9 Å². The fourth-order valence-corrected chi connectivity index (χ4v) is 1.55. The summed E-state index contributed by atoms with van der Waals surface area (Å²) in [5.74, 6) is 1.33. The van der Waals surface area contributed by atoms with Crippen LogP contribution in [0.3, 0.4) is 0 Å². The highest BCUT2D eigenvalue weighted by atomic mass is 35.5. The molecule has 106 valence electrons. The molecule has 0 rings (SSSR count). The van der Waals surface area contributed by atoms with Gasteiger partial charge in [0, 0.05) is 24.5 Å². The molecule has 0 saturated heterocycles. The molecular formula is C15H28ClNO. The number of allylic oxidation sites excluding steroid dienone is 1. The van der Waals surface area contributed by atoms with Crippen molar-refractivity contribution in [1.82, 2.24) is 4.90 Å². The van der Waals surface area contributed by atoms with Gasteiger partial charge in [0.2, 0.25) is 5.91 Å². The van der Waals surface area contributed by atoms with E-state index in [0.29, 0.717) is 11.8 Å². The van der Waals surface area contributed by atoms with E-state index in [1.54, 1.807) is 12.2 Å². The summed E-state index contributed by atoms with van der Waals surface area (Å²) >= 11 is 5.82. The van der Waals surface area contributed by atoms with Crippen molar-refractivity contribution in [2.75, 3.05) is 13.1 Å². The normalized spacial score (nSPS) is 13.6. The van der Waals surface area contributed by atoms with E-state index in [1.807, 2.05) is 11.8 Å². The zero-order valence-electron chi connectivity index (χ0n) is 12.4. The molecule has 0 aromatic heterocycles. The van der Waals surface area contributed by atoms with Crippen LogP contribution in [0.5, 0.6) is 0 Å². The second-order valence-corrected chi connectivity index (χ2v) is 6.42. The summed E-state index contributed by atoms with van der Waals surface area (Å²) in [7, 11) is 0. The second kappa shape index (κ2) is 9.43. The molecule has 1 amide bonds. The molecule has 0 fully saturated rings. The highest BCUT2D eigenvalue weighted by Crippen LogP contribution is 2.08. The predicted molar refractivity (Wildman–Crippen MR) is 79.9 cm³/mol. The van der Waals surface area contributed by atoms with Crippen LogP contribution >= 0.6 is 11.6 Å². The molecule has 0 radical (unpaired) electrons. The van der Waals surface area contributed by atoms with Crippen LogP contribution in [-0.2, 0) is 4.79 Å². The van der Waals surface area contributed by atoms with Crippen molar-refractivity contribution in [1.29, 1.82) is 0 Å². The monoisotopic (exact) mass is 273 g/mol. The maximum absolute atomic E-state index is 12.1. The van der Waals surface area contributed by atoms with E-state index >= 15 is 0 Å². The lowest BCUT2D eigenvalue weighted by Gasteiger charge is -2.23. The Morgan fingerprint density at radius 1 is 1.06 bits per heavy atom. The third kappa shape index (κ3) is 9.52. The Balaban J connectivity index is 4.38. The first kappa shape index (κ1) is 17.5. The second-order valence-electron chi connectivity index (χ2n) is 5.73. The molecule has 0 heterocycles. The fraction of sp³-hybridized carbons (Fsp3) is 0.800. The number of alkyl halides is 1. The van der Waals surface area contributed by atoms with Gasteiger partial charge in [-0.25, -0.2) is 0 Å². The zero-order valence-corrected chi connectivity index (χ0v) is 13.2. The predicted octanol–water partition coefficient (Wildman–Crippen LogP) is 4.09. The summed E-state index contributed by atoms with van der Waals surface area (Å²) in [6, 6.07) is 0. The van der Waals surface area contributed by atoms with Crippen molar-refractivity contribution in [3.8, 4) is 0 Å². The van der Waals surface area contributed by atoms with E-state index in [2.05, 4.69) is 27.7 Å². The van der Waals surface area contributed by atoms with Crippen molar-refractivity contribution >= 4 is 17.5 Å². The fourth-order valence-electron chi connectivity index (χ4n) is 1.48. The summed E-state index contributed by atoms with van der Waals surface area (Å²) in [5.41, 5.74) is 0. The number of amides is 1. The topological polar surface area (TPSA) is 20.3 Å². The Hall–Kier alpha value is -0.500.